The van der Waals surface area contributed by atoms with Crippen LogP contribution in [0.3, 0.4) is 0 Å². The lowest BCUT2D eigenvalue weighted by Gasteiger charge is -2.22. The molecular formula is C17H22ClFN4O4. The third-order valence-electron chi connectivity index (χ3n) is 4.86. The molecule has 4 amide bonds. The van der Waals surface area contributed by atoms with E-state index in [2.05, 4.69) is 16.0 Å². The number of imide groups is 1. The molecule has 1 aromatic rings. The molecule has 3 rings (SSSR count). The minimum absolute atomic E-state index is 0. The number of hydrogen-bond acceptors (Lipinski definition) is 5. The Balaban J connectivity index is 0.00000261. The fourth-order valence-corrected chi connectivity index (χ4v) is 3.19. The average Bonchev–Trinajstić information content (AvgIpc) is 3.10. The van der Waals surface area contributed by atoms with Crippen molar-refractivity contribution >= 4 is 30.3 Å². The third-order valence-corrected chi connectivity index (χ3v) is 4.86. The molecule has 2 fully saturated rings. The van der Waals surface area contributed by atoms with Gasteiger partial charge in [0.15, 0.2) is 0 Å². The smallest absolute Gasteiger partial charge is 0.325 e. The highest BCUT2D eigenvalue weighted by Gasteiger charge is 2.49. The van der Waals surface area contributed by atoms with Gasteiger partial charge in [0.05, 0.1) is 6.10 Å². The molecule has 10 heteroatoms. The molecule has 0 saturated carbocycles. The van der Waals surface area contributed by atoms with Crippen molar-refractivity contribution in [3.8, 4) is 0 Å². The van der Waals surface area contributed by atoms with Crippen LogP contribution in [0.4, 0.5) is 9.18 Å². The molecule has 0 aromatic heterocycles. The highest BCUT2D eigenvalue weighted by Crippen LogP contribution is 2.28. The number of rotatable bonds is 5. The van der Waals surface area contributed by atoms with Crippen LogP contribution >= 0.6 is 12.4 Å². The molecule has 4 N–H and O–H groups in total. The molecule has 148 valence electrons. The number of β-amino-alcohol motifs (C(OH)–C–C–N with tert-alkyl or cyclic N) is 1. The van der Waals surface area contributed by atoms with Crippen LogP contribution in [-0.4, -0.2) is 60.1 Å². The van der Waals surface area contributed by atoms with Gasteiger partial charge in [0.1, 0.15) is 17.9 Å². The van der Waals surface area contributed by atoms with Crippen molar-refractivity contribution in [2.24, 2.45) is 5.92 Å². The minimum atomic E-state index is -1.35. The maximum absolute atomic E-state index is 13.1. The van der Waals surface area contributed by atoms with Crippen LogP contribution < -0.4 is 16.0 Å². The Morgan fingerprint density at radius 1 is 1.33 bits per heavy atom. The number of nitrogens with one attached hydrogen (secondary N) is 3. The van der Waals surface area contributed by atoms with Crippen molar-refractivity contribution in [1.82, 2.24) is 20.9 Å². The van der Waals surface area contributed by atoms with Gasteiger partial charge in [-0.3, -0.25) is 14.5 Å². The Hall–Kier alpha value is -2.23. The van der Waals surface area contributed by atoms with Gasteiger partial charge in [-0.25, -0.2) is 9.18 Å². The van der Waals surface area contributed by atoms with Gasteiger partial charge in [-0.2, -0.15) is 0 Å². The zero-order valence-corrected chi connectivity index (χ0v) is 15.5. The van der Waals surface area contributed by atoms with Crippen molar-refractivity contribution in [2.75, 3.05) is 26.2 Å². The fraction of sp³-hybridized carbons (Fsp3) is 0.471. The summed E-state index contributed by atoms with van der Waals surface area (Å²) in [6.07, 6.45) is -0.534. The summed E-state index contributed by atoms with van der Waals surface area (Å²) in [6.45, 7) is 2.42. The summed E-state index contributed by atoms with van der Waals surface area (Å²) in [5, 5.41) is 17.9. The molecule has 27 heavy (non-hydrogen) atoms. The van der Waals surface area contributed by atoms with Gasteiger partial charge in [-0.05, 0) is 24.6 Å². The number of carbonyl (C=O) groups is 3. The quantitative estimate of drug-likeness (QED) is 0.508. The number of carbonyl (C=O) groups excluding carboxylic acids is 3. The SMILES string of the molecule is CC1(c2ccc(F)cc2)NC(=O)N(CC(=O)NCC2CNCC2O)C1=O.Cl. The topological polar surface area (TPSA) is 111 Å². The van der Waals surface area contributed by atoms with Crippen LogP contribution in [0.15, 0.2) is 24.3 Å². The Morgan fingerprint density at radius 3 is 2.59 bits per heavy atom. The molecule has 2 heterocycles. The second kappa shape index (κ2) is 8.20. The number of aliphatic hydroxyl groups excluding tert-OH is 1. The number of nitrogens with zero attached hydrogens (tertiary/aromatic N) is 1. The molecule has 0 radical (unpaired) electrons. The Labute approximate surface area is 161 Å². The second-order valence-corrected chi connectivity index (χ2v) is 6.74. The van der Waals surface area contributed by atoms with Crippen molar-refractivity contribution in [1.29, 1.82) is 0 Å². The first kappa shape index (κ1) is 21.1. The third kappa shape index (κ3) is 4.20. The highest BCUT2D eigenvalue weighted by atomic mass is 35.5. The summed E-state index contributed by atoms with van der Waals surface area (Å²) in [5.41, 5.74) is -0.920. The minimum Gasteiger partial charge on any atom is -0.391 e. The van der Waals surface area contributed by atoms with Gasteiger partial charge in [0.2, 0.25) is 5.91 Å². The van der Waals surface area contributed by atoms with E-state index in [-0.39, 0.29) is 24.9 Å². The molecular weight excluding hydrogens is 379 g/mol. The lowest BCUT2D eigenvalue weighted by Crippen LogP contribution is -2.44. The summed E-state index contributed by atoms with van der Waals surface area (Å²) >= 11 is 0. The number of benzene rings is 1. The van der Waals surface area contributed by atoms with Crippen LogP contribution in [0.5, 0.6) is 0 Å². The van der Waals surface area contributed by atoms with Crippen molar-refractivity contribution in [3.05, 3.63) is 35.6 Å². The predicted octanol–water partition coefficient (Wildman–Crippen LogP) is -0.289. The first-order chi connectivity index (χ1) is 12.3. The lowest BCUT2D eigenvalue weighted by molar-refractivity contribution is -0.134. The second-order valence-electron chi connectivity index (χ2n) is 6.74. The molecule has 0 spiro atoms. The van der Waals surface area contributed by atoms with Gasteiger partial charge in [-0.1, -0.05) is 12.1 Å². The maximum atomic E-state index is 13.1. The van der Waals surface area contributed by atoms with E-state index in [0.29, 0.717) is 18.7 Å². The van der Waals surface area contributed by atoms with Crippen molar-refractivity contribution < 1.29 is 23.9 Å². The summed E-state index contributed by atoms with van der Waals surface area (Å²) in [5.74, 6) is -1.62. The lowest BCUT2D eigenvalue weighted by atomic mass is 9.92. The van der Waals surface area contributed by atoms with Gasteiger partial charge in [0, 0.05) is 25.6 Å². The zero-order chi connectivity index (χ0) is 18.9. The van der Waals surface area contributed by atoms with E-state index in [1.54, 1.807) is 0 Å². The van der Waals surface area contributed by atoms with Crippen LogP contribution in [0.2, 0.25) is 0 Å². The average molecular weight is 401 g/mol. The van der Waals surface area contributed by atoms with Gasteiger partial charge in [-0.15, -0.1) is 12.4 Å². The normalized spacial score (nSPS) is 27.3. The van der Waals surface area contributed by atoms with Crippen LogP contribution in [0.25, 0.3) is 0 Å². The maximum Gasteiger partial charge on any atom is 0.325 e. The number of aliphatic hydroxyl groups is 1. The molecule has 3 unspecified atom stereocenters. The van der Waals surface area contributed by atoms with E-state index in [9.17, 15) is 23.9 Å². The summed E-state index contributed by atoms with van der Waals surface area (Å²) < 4.78 is 13.1. The highest BCUT2D eigenvalue weighted by molar-refractivity contribution is 6.09. The Kier molecular flexibility index (Phi) is 6.40. The van der Waals surface area contributed by atoms with Gasteiger partial charge < -0.3 is 21.1 Å². The van der Waals surface area contributed by atoms with Gasteiger partial charge in [0.25, 0.3) is 5.91 Å². The van der Waals surface area contributed by atoms with E-state index in [1.807, 2.05) is 0 Å². The molecule has 3 atom stereocenters. The van der Waals surface area contributed by atoms with E-state index in [0.717, 1.165) is 4.90 Å². The molecule has 2 aliphatic rings. The van der Waals surface area contributed by atoms with Crippen LogP contribution in [-0.2, 0) is 15.1 Å². The summed E-state index contributed by atoms with van der Waals surface area (Å²) in [7, 11) is 0. The van der Waals surface area contributed by atoms with Gasteiger partial charge >= 0.3 is 6.03 Å². The first-order valence-corrected chi connectivity index (χ1v) is 8.37. The first-order valence-electron chi connectivity index (χ1n) is 8.37. The summed E-state index contributed by atoms with van der Waals surface area (Å²) in [6, 6.07) is 4.57. The molecule has 0 aliphatic carbocycles. The molecule has 8 nitrogen and oxygen atoms in total. The number of urea groups is 1. The zero-order valence-electron chi connectivity index (χ0n) is 14.7. The van der Waals surface area contributed by atoms with E-state index in [1.165, 1.54) is 31.2 Å². The molecule has 2 aliphatic heterocycles. The number of amides is 4. The molecule has 1 aromatic carbocycles. The predicted molar refractivity (Wildman–Crippen MR) is 96.6 cm³/mol. The largest absolute Gasteiger partial charge is 0.391 e. The Morgan fingerprint density at radius 2 is 2.00 bits per heavy atom. The fourth-order valence-electron chi connectivity index (χ4n) is 3.19. The van der Waals surface area contributed by atoms with E-state index in [4.69, 9.17) is 0 Å². The molecule has 0 bridgehead atoms. The van der Waals surface area contributed by atoms with E-state index >= 15 is 0 Å². The standard InChI is InChI=1S/C17H21FN4O4.ClH/c1-17(11-2-4-12(18)5-3-11)15(25)22(16(26)21-17)9-14(24)20-7-10-6-19-8-13(10)23;/h2-5,10,13,19,23H,6-9H2,1H3,(H,20,24)(H,21,26);1H. The van der Waals surface area contributed by atoms with Crippen LogP contribution in [0.1, 0.15) is 12.5 Å². The summed E-state index contributed by atoms with van der Waals surface area (Å²) in [4.78, 5) is 37.8. The monoisotopic (exact) mass is 400 g/mol. The van der Waals surface area contributed by atoms with Crippen molar-refractivity contribution in [2.45, 2.75) is 18.6 Å². The van der Waals surface area contributed by atoms with Crippen LogP contribution in [0, 0.1) is 11.7 Å². The number of halogens is 2. The number of hydrogen-bond donors (Lipinski definition) is 4. The van der Waals surface area contributed by atoms with Crippen molar-refractivity contribution in [3.63, 3.8) is 0 Å². The van der Waals surface area contributed by atoms with E-state index < -0.39 is 41.9 Å². The molecule has 2 saturated heterocycles. The Bertz CT molecular complexity index is 732.